The van der Waals surface area contributed by atoms with Gasteiger partial charge in [-0.05, 0) is 58.0 Å². The summed E-state index contributed by atoms with van der Waals surface area (Å²) in [5.41, 5.74) is 0.834. The second-order valence-corrected chi connectivity index (χ2v) is 12.0. The molecule has 5 aromatic rings. The summed E-state index contributed by atoms with van der Waals surface area (Å²) in [7, 11) is 0. The summed E-state index contributed by atoms with van der Waals surface area (Å²) < 4.78 is 84.0. The lowest BCUT2D eigenvalue weighted by Crippen LogP contribution is -2.38. The maximum atomic E-state index is 14.3. The highest BCUT2D eigenvalue weighted by molar-refractivity contribution is 7.99. The summed E-state index contributed by atoms with van der Waals surface area (Å²) in [6.45, 7) is 1.79. The lowest BCUT2D eigenvalue weighted by Gasteiger charge is -2.41. The molecule has 0 radical (unpaired) electrons. The molecule has 1 saturated heterocycles. The minimum Gasteiger partial charge on any atom is -0.508 e. The number of tetrazole rings is 1. The van der Waals surface area contributed by atoms with Gasteiger partial charge in [0.25, 0.3) is 5.91 Å². The average molecular weight is 700 g/mol. The van der Waals surface area contributed by atoms with E-state index >= 15 is 0 Å². The average Bonchev–Trinajstić information content (AvgIpc) is 3.58. The molecule has 0 saturated carbocycles. The quantitative estimate of drug-likeness (QED) is 0.0693. The predicted octanol–water partition coefficient (Wildman–Crippen LogP) is 6.39. The Morgan fingerprint density at radius 1 is 0.898 bits per heavy atom. The number of thioether (sulfide) groups is 1. The molecular weight excluding hydrogens is 673 g/mol. The van der Waals surface area contributed by atoms with Crippen LogP contribution in [0.1, 0.15) is 46.4 Å². The number of hydrogen-bond donors (Lipinski definition) is 3. The number of nitrogens with zero attached hydrogens (tertiary/aromatic N) is 4. The minimum atomic E-state index is -2.38. The maximum absolute atomic E-state index is 14.3. The van der Waals surface area contributed by atoms with Crippen molar-refractivity contribution >= 4 is 23.4 Å². The van der Waals surface area contributed by atoms with Gasteiger partial charge < -0.3 is 25.0 Å². The van der Waals surface area contributed by atoms with Gasteiger partial charge in [-0.15, -0.1) is 5.10 Å². The molecule has 3 N–H and O–H groups in total. The number of aliphatic hydroxyl groups excluding tert-OH is 1. The van der Waals surface area contributed by atoms with Gasteiger partial charge in [-0.25, -0.2) is 22.0 Å². The summed E-state index contributed by atoms with van der Waals surface area (Å²) in [5.74, 6) is -12.7. The van der Waals surface area contributed by atoms with Crippen LogP contribution in [0, 0.1) is 35.0 Å². The first-order valence-corrected chi connectivity index (χ1v) is 15.7. The van der Waals surface area contributed by atoms with Crippen LogP contribution in [0.3, 0.4) is 0 Å². The van der Waals surface area contributed by atoms with Crippen molar-refractivity contribution in [3.05, 3.63) is 124 Å². The number of rotatable bonds is 9. The highest BCUT2D eigenvalue weighted by atomic mass is 32.2. The van der Waals surface area contributed by atoms with Crippen LogP contribution in [0.2, 0.25) is 0 Å². The molecule has 1 aliphatic rings. The fourth-order valence-electron chi connectivity index (χ4n) is 5.25. The maximum Gasteiger partial charge on any atom is 0.261 e. The van der Waals surface area contributed by atoms with Crippen molar-refractivity contribution in [2.45, 2.75) is 37.2 Å². The Kier molecular flexibility index (Phi) is 9.91. The van der Waals surface area contributed by atoms with Crippen LogP contribution < -0.4 is 5.32 Å². The van der Waals surface area contributed by atoms with Crippen LogP contribution in [0.4, 0.5) is 27.6 Å². The standard InChI is InChI=1S/C33H26F5N5O5S/c1-16-23(15-49-33-40-41-42-43(33)21-9-11-22(45)12-10-21)47-32(48-30(16)18-7-5-17(14-44)6-8-18)19-3-2-4-20(13-19)39-31(46)24-25(34)27(36)29(38)28(37)26(24)35/h2-13,16,23,30,32,44-45H,14-15H2,1H3,(H,39,46). The van der Waals surface area contributed by atoms with Crippen molar-refractivity contribution < 1.29 is 46.4 Å². The Balaban J connectivity index is 1.27. The largest absolute Gasteiger partial charge is 0.508 e. The van der Waals surface area contributed by atoms with Crippen molar-refractivity contribution in [3.63, 3.8) is 0 Å². The zero-order chi connectivity index (χ0) is 34.8. The molecule has 6 rings (SSSR count). The van der Waals surface area contributed by atoms with Gasteiger partial charge in [0.05, 0.1) is 24.5 Å². The Hall–Kier alpha value is -4.90. The van der Waals surface area contributed by atoms with E-state index in [0.29, 0.717) is 27.7 Å². The van der Waals surface area contributed by atoms with Gasteiger partial charge in [0.15, 0.2) is 29.6 Å². The summed E-state index contributed by atoms with van der Waals surface area (Å²) in [4.78, 5) is 12.7. The normalized spacial score (nSPS) is 19.2. The van der Waals surface area contributed by atoms with Gasteiger partial charge in [-0.2, -0.15) is 4.68 Å². The van der Waals surface area contributed by atoms with Gasteiger partial charge >= 0.3 is 0 Å². The van der Waals surface area contributed by atoms with Gasteiger partial charge in [0.2, 0.25) is 11.0 Å². The Labute approximate surface area is 279 Å². The first kappa shape index (κ1) is 34.0. The highest BCUT2D eigenvalue weighted by Gasteiger charge is 2.39. The number of anilines is 1. The molecule has 1 aliphatic heterocycles. The molecule has 10 nitrogen and oxygen atoms in total. The van der Waals surface area contributed by atoms with Gasteiger partial charge in [0, 0.05) is 22.9 Å². The Morgan fingerprint density at radius 3 is 2.24 bits per heavy atom. The van der Waals surface area contributed by atoms with Crippen LogP contribution in [-0.2, 0) is 16.1 Å². The molecule has 4 unspecified atom stereocenters. The third kappa shape index (κ3) is 6.98. The van der Waals surface area contributed by atoms with Crippen LogP contribution in [0.5, 0.6) is 5.75 Å². The van der Waals surface area contributed by atoms with E-state index in [9.17, 15) is 37.0 Å². The number of nitrogens with one attached hydrogen (secondary N) is 1. The number of phenols is 1. The lowest BCUT2D eigenvalue weighted by atomic mass is 9.91. The molecule has 0 bridgehead atoms. The SMILES string of the molecule is CC1C(CSc2nnnn2-c2ccc(O)cc2)OC(c2cccc(NC(=O)c3c(F)c(F)c(F)c(F)c3F)c2)OC1c1ccc(CO)cc1. The zero-order valence-electron chi connectivity index (χ0n) is 25.4. The van der Waals surface area contributed by atoms with Gasteiger partial charge in [-0.1, -0.05) is 55.1 Å². The van der Waals surface area contributed by atoms with Crippen molar-refractivity contribution in [1.29, 1.82) is 0 Å². The predicted molar refractivity (Wildman–Crippen MR) is 165 cm³/mol. The fraction of sp³-hybridized carbons (Fsp3) is 0.212. The number of phenolic OH excluding ortho intramolecular Hbond substituents is 1. The minimum absolute atomic E-state index is 0.0277. The van der Waals surface area contributed by atoms with Crippen LogP contribution in [0.25, 0.3) is 5.69 Å². The number of carbonyl (C=O) groups is 1. The molecule has 0 spiro atoms. The summed E-state index contributed by atoms with van der Waals surface area (Å²) in [6, 6.07) is 19.4. The first-order chi connectivity index (χ1) is 23.5. The second-order valence-electron chi connectivity index (χ2n) is 11.0. The highest BCUT2D eigenvalue weighted by Crippen LogP contribution is 2.43. The second kappa shape index (κ2) is 14.3. The number of carbonyl (C=O) groups excluding carboxylic acids is 1. The number of benzene rings is 4. The van der Waals surface area contributed by atoms with Gasteiger partial charge in [0.1, 0.15) is 11.3 Å². The number of aromatic hydroxyl groups is 1. The number of halogens is 5. The third-order valence-electron chi connectivity index (χ3n) is 7.89. The van der Waals surface area contributed by atoms with Crippen molar-refractivity contribution in [2.24, 2.45) is 5.92 Å². The van der Waals surface area contributed by atoms with Crippen LogP contribution in [0.15, 0.2) is 78.0 Å². The fourth-order valence-corrected chi connectivity index (χ4v) is 6.31. The molecule has 1 aromatic heterocycles. The molecule has 16 heteroatoms. The molecule has 4 aromatic carbocycles. The molecular formula is C33H26F5N5O5S. The first-order valence-electron chi connectivity index (χ1n) is 14.7. The smallest absolute Gasteiger partial charge is 0.261 e. The Bertz CT molecular complexity index is 1950. The number of aliphatic hydroxyl groups is 1. The molecule has 1 fully saturated rings. The van der Waals surface area contributed by atoms with Gasteiger partial charge in [-0.3, -0.25) is 4.79 Å². The number of ether oxygens (including phenoxy) is 2. The van der Waals surface area contributed by atoms with E-state index < -0.39 is 59.1 Å². The van der Waals surface area contributed by atoms with E-state index in [-0.39, 0.29) is 24.0 Å². The van der Waals surface area contributed by atoms with Crippen LogP contribution >= 0.6 is 11.8 Å². The Morgan fingerprint density at radius 2 is 1.57 bits per heavy atom. The third-order valence-corrected chi connectivity index (χ3v) is 8.90. The molecule has 1 amide bonds. The van der Waals surface area contributed by atoms with E-state index in [2.05, 4.69) is 20.8 Å². The monoisotopic (exact) mass is 699 g/mol. The van der Waals surface area contributed by atoms with E-state index in [1.54, 1.807) is 30.3 Å². The number of amides is 1. The summed E-state index contributed by atoms with van der Waals surface area (Å²) in [5, 5.41) is 33.8. The topological polar surface area (TPSA) is 132 Å². The summed E-state index contributed by atoms with van der Waals surface area (Å²) in [6.07, 6.45) is -2.05. The number of aromatic nitrogens is 4. The van der Waals surface area contributed by atoms with Crippen molar-refractivity contribution in [2.75, 3.05) is 11.1 Å². The molecule has 49 heavy (non-hydrogen) atoms. The summed E-state index contributed by atoms with van der Waals surface area (Å²) >= 11 is 1.31. The van der Waals surface area contributed by atoms with E-state index in [0.717, 1.165) is 5.56 Å². The zero-order valence-corrected chi connectivity index (χ0v) is 26.2. The molecule has 254 valence electrons. The van der Waals surface area contributed by atoms with Crippen LogP contribution in [-0.4, -0.2) is 48.2 Å². The molecule has 0 aliphatic carbocycles. The lowest BCUT2D eigenvalue weighted by molar-refractivity contribution is -0.268. The van der Waals surface area contributed by atoms with Crippen molar-refractivity contribution in [3.8, 4) is 11.4 Å². The van der Waals surface area contributed by atoms with Crippen molar-refractivity contribution in [1.82, 2.24) is 20.2 Å². The molecule has 2 heterocycles. The van der Waals surface area contributed by atoms with E-state index in [1.807, 2.05) is 19.1 Å². The molecule has 4 atom stereocenters. The van der Waals surface area contributed by atoms with E-state index in [1.165, 1.54) is 46.8 Å². The number of hydrogen-bond acceptors (Lipinski definition) is 9. The van der Waals surface area contributed by atoms with E-state index in [4.69, 9.17) is 9.47 Å².